The lowest BCUT2D eigenvalue weighted by Crippen LogP contribution is -2.35. The predicted octanol–water partition coefficient (Wildman–Crippen LogP) is 2.29. The number of rotatable bonds is 5. The third-order valence-corrected chi connectivity index (χ3v) is 4.62. The number of carbonyl (C=O) groups excluding carboxylic acids is 1. The molecule has 2 rings (SSSR count). The zero-order chi connectivity index (χ0) is 18.6. The Labute approximate surface area is 153 Å². The largest absolute Gasteiger partial charge is 0.443 e. The number of aromatic nitrogens is 3. The van der Waals surface area contributed by atoms with Gasteiger partial charge in [-0.3, -0.25) is 5.32 Å². The summed E-state index contributed by atoms with van der Waals surface area (Å²) in [7, 11) is -2.69. The van der Waals surface area contributed by atoms with Gasteiger partial charge in [0.2, 0.25) is 11.2 Å². The topological polar surface area (TPSA) is 115 Å². The second-order valence-corrected chi connectivity index (χ2v) is 6.87. The van der Waals surface area contributed by atoms with E-state index in [0.717, 1.165) is 5.54 Å². The number of nitrogens with zero attached hydrogens (tertiary/aromatic N) is 3. The van der Waals surface area contributed by atoms with Gasteiger partial charge >= 0.3 is 6.03 Å². The van der Waals surface area contributed by atoms with Crippen molar-refractivity contribution in [2.24, 2.45) is 7.05 Å². The number of amides is 2. The number of hydrogen-bond acceptors (Lipinski definition) is 6. The van der Waals surface area contributed by atoms with Crippen molar-refractivity contribution in [2.75, 3.05) is 5.32 Å². The molecule has 0 spiro atoms. The zero-order valence-electron chi connectivity index (χ0n) is 13.0. The molecule has 1 aromatic heterocycles. The fourth-order valence-electron chi connectivity index (χ4n) is 1.81. The molecular weight excluding hydrogens is 393 g/mol. The molecule has 0 saturated carbocycles. The second kappa shape index (κ2) is 7.72. The quantitative estimate of drug-likeness (QED) is 0.737. The lowest BCUT2D eigenvalue weighted by molar-refractivity contribution is 0.256. The number of nitrogens with one attached hydrogen (secondary N) is 2. The SMILES string of the molecule is Cc1nc(NC(=O)NS(=O)(=O)c2ccccc2O/C(Cl)=C/Cl)n(C)n1. The van der Waals surface area contributed by atoms with E-state index in [4.69, 9.17) is 27.9 Å². The van der Waals surface area contributed by atoms with E-state index in [1.165, 1.54) is 28.9 Å². The highest BCUT2D eigenvalue weighted by molar-refractivity contribution is 7.90. The first kappa shape index (κ1) is 19.0. The van der Waals surface area contributed by atoms with Crippen LogP contribution in [0.2, 0.25) is 0 Å². The zero-order valence-corrected chi connectivity index (χ0v) is 15.4. The number of urea groups is 1. The predicted molar refractivity (Wildman–Crippen MR) is 91.9 cm³/mol. The first-order valence-corrected chi connectivity index (χ1v) is 8.97. The Balaban J connectivity index is 2.21. The normalized spacial score (nSPS) is 11.9. The molecule has 134 valence electrons. The molecule has 0 saturated heterocycles. The maximum Gasteiger partial charge on any atom is 0.335 e. The summed E-state index contributed by atoms with van der Waals surface area (Å²) in [6.07, 6.45) is 0. The van der Waals surface area contributed by atoms with Gasteiger partial charge in [0.25, 0.3) is 10.0 Å². The van der Waals surface area contributed by atoms with Gasteiger partial charge in [0.1, 0.15) is 16.5 Å². The van der Waals surface area contributed by atoms with E-state index < -0.39 is 16.1 Å². The van der Waals surface area contributed by atoms with Crippen LogP contribution < -0.4 is 14.8 Å². The minimum Gasteiger partial charge on any atom is -0.443 e. The van der Waals surface area contributed by atoms with E-state index in [1.54, 1.807) is 14.0 Å². The number of hydrogen-bond donors (Lipinski definition) is 2. The average Bonchev–Trinajstić information content (AvgIpc) is 2.84. The summed E-state index contributed by atoms with van der Waals surface area (Å²) < 4.78 is 33.1. The monoisotopic (exact) mass is 405 g/mol. The van der Waals surface area contributed by atoms with Gasteiger partial charge in [-0.25, -0.2) is 22.6 Å². The molecule has 9 nitrogen and oxygen atoms in total. The van der Waals surface area contributed by atoms with Crippen molar-refractivity contribution < 1.29 is 17.9 Å². The van der Waals surface area contributed by atoms with Gasteiger partial charge in [0.05, 0.1) is 5.54 Å². The van der Waals surface area contributed by atoms with Crippen LogP contribution in [-0.4, -0.2) is 29.2 Å². The number of para-hydroxylation sites is 1. The molecule has 12 heteroatoms. The molecule has 2 amide bonds. The summed E-state index contributed by atoms with van der Waals surface area (Å²) in [6.45, 7) is 1.63. The average molecular weight is 406 g/mol. The van der Waals surface area contributed by atoms with Gasteiger partial charge in [-0.2, -0.15) is 10.1 Å². The number of anilines is 1. The summed E-state index contributed by atoms with van der Waals surface area (Å²) in [6, 6.07) is 4.60. The highest BCUT2D eigenvalue weighted by Gasteiger charge is 2.23. The minimum absolute atomic E-state index is 0.0860. The molecule has 0 atom stereocenters. The summed E-state index contributed by atoms with van der Waals surface area (Å²) >= 11 is 11.0. The highest BCUT2D eigenvalue weighted by Crippen LogP contribution is 2.26. The summed E-state index contributed by atoms with van der Waals surface area (Å²) in [5.74, 6) is 0.406. The molecule has 1 aromatic carbocycles. The number of ether oxygens (including phenoxy) is 1. The maximum atomic E-state index is 12.4. The Morgan fingerprint density at radius 1 is 1.36 bits per heavy atom. The van der Waals surface area contributed by atoms with Crippen molar-refractivity contribution in [1.29, 1.82) is 0 Å². The molecule has 0 unspecified atom stereocenters. The maximum absolute atomic E-state index is 12.4. The van der Waals surface area contributed by atoms with E-state index in [0.29, 0.717) is 5.82 Å². The second-order valence-electron chi connectivity index (χ2n) is 4.63. The van der Waals surface area contributed by atoms with E-state index in [2.05, 4.69) is 15.4 Å². The standard InChI is InChI=1S/C13H13Cl2N5O4S/c1-8-16-12(20(2)18-8)17-13(21)19-25(22,23)10-6-4-3-5-9(10)24-11(15)7-14/h3-7H,1-2H3,(H2,16,17,18,19,21)/b11-7+. The first-order valence-electron chi connectivity index (χ1n) is 6.67. The van der Waals surface area contributed by atoms with Crippen LogP contribution in [-0.2, 0) is 17.1 Å². The first-order chi connectivity index (χ1) is 11.7. The molecule has 2 N–H and O–H groups in total. The van der Waals surface area contributed by atoms with Crippen molar-refractivity contribution in [3.63, 3.8) is 0 Å². The Morgan fingerprint density at radius 3 is 2.64 bits per heavy atom. The Kier molecular flexibility index (Phi) is 5.88. The lowest BCUT2D eigenvalue weighted by Gasteiger charge is -2.11. The highest BCUT2D eigenvalue weighted by atomic mass is 35.5. The van der Waals surface area contributed by atoms with Crippen molar-refractivity contribution >= 4 is 45.2 Å². The van der Waals surface area contributed by atoms with E-state index in [1.807, 2.05) is 4.72 Å². The number of halogens is 2. The summed E-state index contributed by atoms with van der Waals surface area (Å²) in [5.41, 5.74) is 0.932. The van der Waals surface area contributed by atoms with Gasteiger partial charge in [0, 0.05) is 7.05 Å². The van der Waals surface area contributed by atoms with Crippen LogP contribution in [0.4, 0.5) is 10.7 Å². The molecule has 0 bridgehead atoms. The lowest BCUT2D eigenvalue weighted by atomic mass is 10.3. The molecule has 0 fully saturated rings. The van der Waals surface area contributed by atoms with Crippen LogP contribution in [0.3, 0.4) is 0 Å². The van der Waals surface area contributed by atoms with Crippen molar-refractivity contribution in [3.05, 3.63) is 40.8 Å². The van der Waals surface area contributed by atoms with E-state index in [-0.39, 0.29) is 21.8 Å². The molecule has 0 aliphatic carbocycles. The summed E-state index contributed by atoms with van der Waals surface area (Å²) in [5, 5.41) is 5.99. The third-order valence-electron chi connectivity index (χ3n) is 2.75. The molecule has 0 radical (unpaired) electrons. The fourth-order valence-corrected chi connectivity index (χ4v) is 2.97. The van der Waals surface area contributed by atoms with Gasteiger partial charge in [-0.05, 0) is 30.7 Å². The molecular formula is C13H13Cl2N5O4S. The summed E-state index contributed by atoms with van der Waals surface area (Å²) in [4.78, 5) is 15.6. The number of benzene rings is 1. The molecule has 25 heavy (non-hydrogen) atoms. The molecule has 0 aliphatic rings. The number of aryl methyl sites for hydroxylation is 2. The molecule has 0 aliphatic heterocycles. The Hall–Kier alpha value is -2.30. The number of sulfonamides is 1. The van der Waals surface area contributed by atoms with E-state index >= 15 is 0 Å². The van der Waals surface area contributed by atoms with Gasteiger partial charge in [-0.1, -0.05) is 23.7 Å². The van der Waals surface area contributed by atoms with Crippen molar-refractivity contribution in [2.45, 2.75) is 11.8 Å². The van der Waals surface area contributed by atoms with Crippen molar-refractivity contribution in [1.82, 2.24) is 19.5 Å². The minimum atomic E-state index is -4.24. The number of carbonyl (C=O) groups is 1. The van der Waals surface area contributed by atoms with Crippen LogP contribution in [0.25, 0.3) is 0 Å². The smallest absolute Gasteiger partial charge is 0.335 e. The van der Waals surface area contributed by atoms with Crippen LogP contribution in [0, 0.1) is 6.92 Å². The van der Waals surface area contributed by atoms with Gasteiger partial charge < -0.3 is 4.74 Å². The Bertz CT molecular complexity index is 926. The fraction of sp³-hybridized carbons (Fsp3) is 0.154. The van der Waals surface area contributed by atoms with Gasteiger partial charge in [-0.15, -0.1) is 0 Å². The van der Waals surface area contributed by atoms with Gasteiger partial charge in [0.15, 0.2) is 0 Å². The van der Waals surface area contributed by atoms with Crippen LogP contribution in [0.1, 0.15) is 5.82 Å². The van der Waals surface area contributed by atoms with E-state index in [9.17, 15) is 13.2 Å². The van der Waals surface area contributed by atoms with Crippen molar-refractivity contribution in [3.8, 4) is 5.75 Å². The molecule has 1 heterocycles. The third kappa shape index (κ3) is 4.84. The van der Waals surface area contributed by atoms with Crippen LogP contribution in [0.15, 0.2) is 39.9 Å². The van der Waals surface area contributed by atoms with Crippen LogP contribution in [0.5, 0.6) is 5.75 Å². The van der Waals surface area contributed by atoms with Crippen LogP contribution >= 0.6 is 23.2 Å². The molecule has 2 aromatic rings. The Morgan fingerprint density at radius 2 is 2.04 bits per heavy atom.